The summed E-state index contributed by atoms with van der Waals surface area (Å²) in [5.74, 6) is 0. The summed E-state index contributed by atoms with van der Waals surface area (Å²) < 4.78 is 0. The fraction of sp³-hybridized carbons (Fsp3) is 0.333. The number of rotatable bonds is 3. The molecule has 1 aliphatic heterocycles. The Morgan fingerprint density at radius 2 is 2.11 bits per heavy atom. The molecular weight excluding hydrogens is 238 g/mol. The second kappa shape index (κ2) is 5.36. The minimum atomic E-state index is -0.108. The highest BCUT2D eigenvalue weighted by Gasteiger charge is 2.17. The predicted molar refractivity (Wildman–Crippen MR) is 74.0 cm³/mol. The second-order valence-electron chi connectivity index (χ2n) is 4.97. The third-order valence-corrected chi connectivity index (χ3v) is 3.60. The van der Waals surface area contributed by atoms with Gasteiger partial charge < -0.3 is 0 Å². The molecule has 0 amide bonds. The molecule has 19 heavy (non-hydrogen) atoms. The highest BCUT2D eigenvalue weighted by molar-refractivity contribution is 5.20. The first-order valence-corrected chi connectivity index (χ1v) is 6.65. The molecule has 2 aromatic rings. The molecule has 0 aliphatic carbocycles. The van der Waals surface area contributed by atoms with Crippen LogP contribution in [-0.4, -0.2) is 28.2 Å². The van der Waals surface area contributed by atoms with Gasteiger partial charge >= 0.3 is 0 Å². The molecule has 0 spiro atoms. The standard InChI is InChI=1S/C15H17N3O/c19-15-10-13-11-18(9-7-14(13)16-17-15)8-6-12-4-2-1-3-5-12/h1-5,10H,6-9,11H2,(H,17,19). The molecule has 0 atom stereocenters. The normalized spacial score (nSPS) is 15.2. The highest BCUT2D eigenvalue weighted by atomic mass is 16.1. The molecule has 1 aromatic carbocycles. The maximum absolute atomic E-state index is 11.3. The van der Waals surface area contributed by atoms with Gasteiger partial charge in [-0.2, -0.15) is 5.10 Å². The van der Waals surface area contributed by atoms with Gasteiger partial charge in [-0.05, 0) is 17.5 Å². The molecule has 0 radical (unpaired) electrons. The van der Waals surface area contributed by atoms with E-state index in [1.165, 1.54) is 5.56 Å². The lowest BCUT2D eigenvalue weighted by molar-refractivity contribution is 0.254. The van der Waals surface area contributed by atoms with Crippen molar-refractivity contribution in [3.63, 3.8) is 0 Å². The third-order valence-electron chi connectivity index (χ3n) is 3.60. The largest absolute Gasteiger partial charge is 0.298 e. The molecule has 0 saturated heterocycles. The zero-order valence-corrected chi connectivity index (χ0v) is 10.8. The first kappa shape index (κ1) is 12.1. The molecule has 0 unspecified atom stereocenters. The van der Waals surface area contributed by atoms with Crippen molar-refractivity contribution in [3.05, 3.63) is 63.6 Å². The summed E-state index contributed by atoms with van der Waals surface area (Å²) in [5, 5.41) is 6.62. The van der Waals surface area contributed by atoms with Gasteiger partial charge in [-0.25, -0.2) is 5.10 Å². The molecule has 0 bridgehead atoms. The molecule has 1 aliphatic rings. The Morgan fingerprint density at radius 1 is 1.26 bits per heavy atom. The summed E-state index contributed by atoms with van der Waals surface area (Å²) in [4.78, 5) is 13.7. The molecule has 2 heterocycles. The predicted octanol–water partition coefficient (Wildman–Crippen LogP) is 1.37. The maximum Gasteiger partial charge on any atom is 0.264 e. The quantitative estimate of drug-likeness (QED) is 0.901. The van der Waals surface area contributed by atoms with E-state index in [9.17, 15) is 4.79 Å². The van der Waals surface area contributed by atoms with Crippen molar-refractivity contribution < 1.29 is 0 Å². The van der Waals surface area contributed by atoms with Crippen LogP contribution in [0.1, 0.15) is 16.8 Å². The topological polar surface area (TPSA) is 49.0 Å². The van der Waals surface area contributed by atoms with Gasteiger partial charge in [-0.15, -0.1) is 0 Å². The van der Waals surface area contributed by atoms with Gasteiger partial charge in [0.2, 0.25) is 0 Å². The van der Waals surface area contributed by atoms with Crippen LogP contribution in [0.4, 0.5) is 0 Å². The number of nitrogens with one attached hydrogen (secondary N) is 1. The van der Waals surface area contributed by atoms with E-state index in [-0.39, 0.29) is 5.56 Å². The molecule has 0 fully saturated rings. The number of hydrogen-bond donors (Lipinski definition) is 1. The van der Waals surface area contributed by atoms with Crippen LogP contribution in [0, 0.1) is 0 Å². The summed E-state index contributed by atoms with van der Waals surface area (Å²) in [6, 6.07) is 12.2. The van der Waals surface area contributed by atoms with Crippen molar-refractivity contribution in [1.29, 1.82) is 0 Å². The van der Waals surface area contributed by atoms with Crippen LogP contribution in [0.25, 0.3) is 0 Å². The van der Waals surface area contributed by atoms with E-state index < -0.39 is 0 Å². The Labute approximate surface area is 112 Å². The van der Waals surface area contributed by atoms with Crippen molar-refractivity contribution in [3.8, 4) is 0 Å². The van der Waals surface area contributed by atoms with Crippen LogP contribution < -0.4 is 5.56 Å². The van der Waals surface area contributed by atoms with E-state index in [2.05, 4.69) is 39.4 Å². The van der Waals surface area contributed by atoms with Crippen molar-refractivity contribution in [2.45, 2.75) is 19.4 Å². The van der Waals surface area contributed by atoms with Gasteiger partial charge in [-0.3, -0.25) is 9.69 Å². The Kier molecular flexibility index (Phi) is 3.42. The van der Waals surface area contributed by atoms with Crippen LogP contribution in [-0.2, 0) is 19.4 Å². The van der Waals surface area contributed by atoms with Gasteiger partial charge in [0.15, 0.2) is 0 Å². The molecule has 4 heteroatoms. The van der Waals surface area contributed by atoms with Crippen molar-refractivity contribution in [1.82, 2.24) is 15.1 Å². The average molecular weight is 255 g/mol. The minimum Gasteiger partial charge on any atom is -0.298 e. The van der Waals surface area contributed by atoms with Gasteiger partial charge in [0, 0.05) is 32.1 Å². The summed E-state index contributed by atoms with van der Waals surface area (Å²) in [7, 11) is 0. The smallest absolute Gasteiger partial charge is 0.264 e. The van der Waals surface area contributed by atoms with Crippen molar-refractivity contribution in [2.75, 3.05) is 13.1 Å². The van der Waals surface area contributed by atoms with Crippen LogP contribution >= 0.6 is 0 Å². The van der Waals surface area contributed by atoms with Crippen molar-refractivity contribution in [2.24, 2.45) is 0 Å². The molecule has 4 nitrogen and oxygen atoms in total. The number of benzene rings is 1. The molecular formula is C15H17N3O. The Morgan fingerprint density at radius 3 is 2.95 bits per heavy atom. The van der Waals surface area contributed by atoms with Crippen LogP contribution in [0.2, 0.25) is 0 Å². The molecule has 3 rings (SSSR count). The summed E-state index contributed by atoms with van der Waals surface area (Å²) in [6.45, 7) is 2.87. The first-order chi connectivity index (χ1) is 9.31. The first-order valence-electron chi connectivity index (χ1n) is 6.65. The van der Waals surface area contributed by atoms with Crippen LogP contribution in [0.5, 0.6) is 0 Å². The zero-order valence-electron chi connectivity index (χ0n) is 10.8. The summed E-state index contributed by atoms with van der Waals surface area (Å²) in [5.41, 5.74) is 3.36. The monoisotopic (exact) mass is 255 g/mol. The number of H-pyrrole nitrogens is 1. The number of aromatic nitrogens is 2. The zero-order chi connectivity index (χ0) is 13.1. The lowest BCUT2D eigenvalue weighted by Crippen LogP contribution is -2.34. The molecule has 1 aromatic heterocycles. The Bertz CT molecular complexity index is 606. The number of aromatic amines is 1. The Hall–Kier alpha value is -1.94. The fourth-order valence-corrected chi connectivity index (χ4v) is 2.53. The van der Waals surface area contributed by atoms with Gasteiger partial charge in [0.1, 0.15) is 0 Å². The van der Waals surface area contributed by atoms with Gasteiger partial charge in [-0.1, -0.05) is 30.3 Å². The molecule has 0 saturated carbocycles. The van der Waals surface area contributed by atoms with E-state index in [1.807, 2.05) is 6.07 Å². The Balaban J connectivity index is 1.64. The molecule has 1 N–H and O–H groups in total. The SMILES string of the molecule is O=c1cc2c(n[nH]1)CCN(CCc1ccccc1)C2. The molecule has 98 valence electrons. The van der Waals surface area contributed by atoms with E-state index in [1.54, 1.807) is 6.07 Å². The van der Waals surface area contributed by atoms with E-state index in [0.717, 1.165) is 43.7 Å². The summed E-state index contributed by atoms with van der Waals surface area (Å²) in [6.07, 6.45) is 1.97. The van der Waals surface area contributed by atoms with E-state index in [0.29, 0.717) is 0 Å². The highest BCUT2D eigenvalue weighted by Crippen LogP contribution is 2.15. The number of hydrogen-bond acceptors (Lipinski definition) is 3. The van der Waals surface area contributed by atoms with Crippen LogP contribution in [0.3, 0.4) is 0 Å². The van der Waals surface area contributed by atoms with E-state index in [4.69, 9.17) is 0 Å². The average Bonchev–Trinajstić information content (AvgIpc) is 2.46. The van der Waals surface area contributed by atoms with Crippen molar-refractivity contribution >= 4 is 0 Å². The third kappa shape index (κ3) is 2.90. The maximum atomic E-state index is 11.3. The fourth-order valence-electron chi connectivity index (χ4n) is 2.53. The van der Waals surface area contributed by atoms with Gasteiger partial charge in [0.25, 0.3) is 5.56 Å². The van der Waals surface area contributed by atoms with Crippen LogP contribution in [0.15, 0.2) is 41.2 Å². The van der Waals surface area contributed by atoms with E-state index >= 15 is 0 Å². The number of nitrogens with zero attached hydrogens (tertiary/aromatic N) is 2. The second-order valence-corrected chi connectivity index (χ2v) is 4.97. The summed E-state index contributed by atoms with van der Waals surface area (Å²) >= 11 is 0. The lowest BCUT2D eigenvalue weighted by Gasteiger charge is -2.27. The van der Waals surface area contributed by atoms with Gasteiger partial charge in [0.05, 0.1) is 5.69 Å². The lowest BCUT2D eigenvalue weighted by atomic mass is 10.1. The number of fused-ring (bicyclic) bond motifs is 1. The minimum absolute atomic E-state index is 0.108.